The normalized spacial score (nSPS) is 17.1. The van der Waals surface area contributed by atoms with E-state index in [1.165, 1.54) is 18.2 Å². The Kier molecular flexibility index (Phi) is 4.44. The van der Waals surface area contributed by atoms with E-state index in [0.29, 0.717) is 37.4 Å². The first-order valence-corrected chi connectivity index (χ1v) is 9.03. The molecule has 7 heteroatoms. The minimum atomic E-state index is -0.423. The number of nitrogens with zero attached hydrogens (tertiary/aromatic N) is 4. The third kappa shape index (κ3) is 3.21. The van der Waals surface area contributed by atoms with Crippen LogP contribution in [0.4, 0.5) is 4.39 Å². The topological polar surface area (TPSA) is 58.4 Å². The van der Waals surface area contributed by atoms with Gasteiger partial charge in [-0.25, -0.2) is 4.39 Å². The monoisotopic (exact) mass is 356 g/mol. The number of rotatable bonds is 2. The van der Waals surface area contributed by atoms with Gasteiger partial charge in [0.2, 0.25) is 0 Å². The Balaban J connectivity index is 1.39. The number of aryl methyl sites for hydroxylation is 2. The quantitative estimate of drug-likeness (QED) is 0.826. The Hall–Kier alpha value is -2.70. The lowest BCUT2D eigenvalue weighted by Crippen LogP contribution is -2.50. The highest BCUT2D eigenvalue weighted by Crippen LogP contribution is 2.17. The van der Waals surface area contributed by atoms with Gasteiger partial charge in [-0.3, -0.25) is 14.3 Å². The summed E-state index contributed by atoms with van der Waals surface area (Å²) in [7, 11) is 0. The lowest BCUT2D eigenvalue weighted by Gasteiger charge is -2.34. The van der Waals surface area contributed by atoms with E-state index in [0.717, 1.165) is 31.5 Å². The fourth-order valence-electron chi connectivity index (χ4n) is 3.60. The van der Waals surface area contributed by atoms with Gasteiger partial charge in [-0.15, -0.1) is 0 Å². The molecule has 3 heterocycles. The van der Waals surface area contributed by atoms with Crippen molar-refractivity contribution in [3.63, 3.8) is 0 Å². The average Bonchev–Trinajstić information content (AvgIpc) is 3.11. The molecule has 6 nitrogen and oxygen atoms in total. The van der Waals surface area contributed by atoms with Gasteiger partial charge < -0.3 is 9.80 Å². The number of fused-ring (bicyclic) bond motifs is 1. The van der Waals surface area contributed by atoms with E-state index in [-0.39, 0.29) is 11.8 Å². The maximum Gasteiger partial charge on any atom is 0.274 e. The Morgan fingerprint density at radius 3 is 2.35 bits per heavy atom. The Morgan fingerprint density at radius 1 is 0.923 bits per heavy atom. The van der Waals surface area contributed by atoms with Crippen LogP contribution in [0, 0.1) is 5.82 Å². The van der Waals surface area contributed by atoms with Gasteiger partial charge in [0, 0.05) is 44.0 Å². The number of benzene rings is 1. The van der Waals surface area contributed by atoms with E-state index in [9.17, 15) is 14.0 Å². The predicted molar refractivity (Wildman–Crippen MR) is 93.4 cm³/mol. The summed E-state index contributed by atoms with van der Waals surface area (Å²) in [6, 6.07) is 7.60. The molecule has 0 atom stereocenters. The molecular weight excluding hydrogens is 335 g/mol. The average molecular weight is 356 g/mol. The van der Waals surface area contributed by atoms with Crippen LogP contribution in [-0.4, -0.2) is 57.6 Å². The largest absolute Gasteiger partial charge is 0.335 e. The summed E-state index contributed by atoms with van der Waals surface area (Å²) in [5.74, 6) is -0.702. The van der Waals surface area contributed by atoms with Crippen molar-refractivity contribution >= 4 is 11.8 Å². The molecule has 0 radical (unpaired) electrons. The zero-order valence-electron chi connectivity index (χ0n) is 14.5. The number of amides is 2. The number of carbonyl (C=O) groups is 2. The standard InChI is InChI=1S/C19H21FN4O2/c20-15-5-3-4-14(12-15)18(25)22-8-10-23(11-9-22)19(26)17-13-16-6-1-2-7-24(16)21-17/h3-5,12-13H,1-2,6-11H2. The number of aromatic nitrogens is 2. The molecule has 0 saturated carbocycles. The van der Waals surface area contributed by atoms with E-state index in [1.54, 1.807) is 15.9 Å². The van der Waals surface area contributed by atoms with Crippen LogP contribution in [0.15, 0.2) is 30.3 Å². The maximum absolute atomic E-state index is 13.3. The van der Waals surface area contributed by atoms with Crippen molar-refractivity contribution in [2.75, 3.05) is 26.2 Å². The summed E-state index contributed by atoms with van der Waals surface area (Å²) in [4.78, 5) is 28.6. The SMILES string of the molecule is O=C(c1cccc(F)c1)N1CCN(C(=O)c2cc3n(n2)CCCC3)CC1. The van der Waals surface area contributed by atoms with Crippen LogP contribution in [-0.2, 0) is 13.0 Å². The molecule has 2 aliphatic heterocycles. The zero-order chi connectivity index (χ0) is 18.1. The van der Waals surface area contributed by atoms with E-state index in [4.69, 9.17) is 0 Å². The molecule has 136 valence electrons. The van der Waals surface area contributed by atoms with Gasteiger partial charge in [0.05, 0.1) is 0 Å². The van der Waals surface area contributed by atoms with Gasteiger partial charge in [0.25, 0.3) is 11.8 Å². The van der Waals surface area contributed by atoms with Crippen molar-refractivity contribution in [2.24, 2.45) is 0 Å². The fourth-order valence-corrected chi connectivity index (χ4v) is 3.60. The van der Waals surface area contributed by atoms with E-state index in [2.05, 4.69) is 5.10 Å². The van der Waals surface area contributed by atoms with Crippen LogP contribution >= 0.6 is 0 Å². The van der Waals surface area contributed by atoms with Crippen LogP contribution < -0.4 is 0 Å². The second-order valence-electron chi connectivity index (χ2n) is 6.80. The highest BCUT2D eigenvalue weighted by atomic mass is 19.1. The first-order valence-electron chi connectivity index (χ1n) is 9.03. The minimum Gasteiger partial charge on any atom is -0.335 e. The van der Waals surface area contributed by atoms with Crippen LogP contribution in [0.2, 0.25) is 0 Å². The smallest absolute Gasteiger partial charge is 0.274 e. The molecule has 1 aromatic carbocycles. The van der Waals surface area contributed by atoms with Crippen LogP contribution in [0.25, 0.3) is 0 Å². The summed E-state index contributed by atoms with van der Waals surface area (Å²) in [6.07, 6.45) is 3.21. The third-order valence-electron chi connectivity index (χ3n) is 5.06. The second-order valence-corrected chi connectivity index (χ2v) is 6.80. The third-order valence-corrected chi connectivity index (χ3v) is 5.06. The molecule has 1 fully saturated rings. The molecule has 2 aromatic rings. The van der Waals surface area contributed by atoms with Gasteiger partial charge in [-0.1, -0.05) is 6.07 Å². The number of halogens is 1. The Bertz CT molecular complexity index is 816. The number of hydrogen-bond acceptors (Lipinski definition) is 3. The minimum absolute atomic E-state index is 0.0789. The molecular formula is C19H21FN4O2. The molecule has 0 N–H and O–H groups in total. The molecule has 1 aromatic heterocycles. The van der Waals surface area contributed by atoms with Gasteiger partial charge in [0.15, 0.2) is 5.69 Å². The van der Waals surface area contributed by atoms with Gasteiger partial charge in [-0.05, 0) is 43.5 Å². The van der Waals surface area contributed by atoms with Crippen molar-refractivity contribution < 1.29 is 14.0 Å². The number of carbonyl (C=O) groups excluding carboxylic acids is 2. The summed E-state index contributed by atoms with van der Waals surface area (Å²) < 4.78 is 15.2. The molecule has 2 aliphatic rings. The summed E-state index contributed by atoms with van der Waals surface area (Å²) in [6.45, 7) is 2.67. The Labute approximate surface area is 151 Å². The fraction of sp³-hybridized carbons (Fsp3) is 0.421. The molecule has 0 unspecified atom stereocenters. The maximum atomic E-state index is 13.3. The van der Waals surface area contributed by atoms with Crippen LogP contribution in [0.3, 0.4) is 0 Å². The molecule has 0 spiro atoms. The summed E-state index contributed by atoms with van der Waals surface area (Å²) >= 11 is 0. The number of piperazine rings is 1. The molecule has 2 amide bonds. The first kappa shape index (κ1) is 16.8. The van der Waals surface area contributed by atoms with Gasteiger partial charge in [0.1, 0.15) is 5.82 Å². The lowest BCUT2D eigenvalue weighted by atomic mass is 10.1. The van der Waals surface area contributed by atoms with Crippen molar-refractivity contribution in [2.45, 2.75) is 25.8 Å². The first-order chi connectivity index (χ1) is 12.6. The van der Waals surface area contributed by atoms with E-state index < -0.39 is 5.82 Å². The van der Waals surface area contributed by atoms with Crippen molar-refractivity contribution in [1.29, 1.82) is 0 Å². The van der Waals surface area contributed by atoms with Crippen molar-refractivity contribution in [3.8, 4) is 0 Å². The van der Waals surface area contributed by atoms with Crippen molar-refractivity contribution in [1.82, 2.24) is 19.6 Å². The van der Waals surface area contributed by atoms with Crippen molar-refractivity contribution in [3.05, 3.63) is 53.1 Å². The lowest BCUT2D eigenvalue weighted by molar-refractivity contribution is 0.0531. The summed E-state index contributed by atoms with van der Waals surface area (Å²) in [5, 5.41) is 4.44. The van der Waals surface area contributed by atoms with E-state index in [1.807, 2.05) is 10.7 Å². The van der Waals surface area contributed by atoms with Crippen LogP contribution in [0.5, 0.6) is 0 Å². The molecule has 1 saturated heterocycles. The second kappa shape index (κ2) is 6.90. The molecule has 26 heavy (non-hydrogen) atoms. The molecule has 0 aliphatic carbocycles. The molecule has 4 rings (SSSR count). The zero-order valence-corrected chi connectivity index (χ0v) is 14.5. The Morgan fingerprint density at radius 2 is 1.65 bits per heavy atom. The number of hydrogen-bond donors (Lipinski definition) is 0. The predicted octanol–water partition coefficient (Wildman–Crippen LogP) is 1.96. The van der Waals surface area contributed by atoms with E-state index >= 15 is 0 Å². The summed E-state index contributed by atoms with van der Waals surface area (Å²) in [5.41, 5.74) is 1.96. The molecule has 0 bridgehead atoms. The van der Waals surface area contributed by atoms with Gasteiger partial charge >= 0.3 is 0 Å². The highest BCUT2D eigenvalue weighted by molar-refractivity contribution is 5.95. The highest BCUT2D eigenvalue weighted by Gasteiger charge is 2.27. The van der Waals surface area contributed by atoms with Crippen LogP contribution in [0.1, 0.15) is 39.4 Å². The van der Waals surface area contributed by atoms with Gasteiger partial charge in [-0.2, -0.15) is 5.10 Å².